The number of fused-ring (bicyclic) bond motifs is 1. The first-order chi connectivity index (χ1) is 10.9. The highest BCUT2D eigenvalue weighted by Gasteiger charge is 2.27. The second-order valence-corrected chi connectivity index (χ2v) is 5.78. The first-order valence-corrected chi connectivity index (χ1v) is 7.41. The van der Waals surface area contributed by atoms with Gasteiger partial charge in [0.25, 0.3) is 0 Å². The molecule has 0 unspecified atom stereocenters. The number of carboxylic acids is 1. The van der Waals surface area contributed by atoms with E-state index in [0.29, 0.717) is 12.8 Å². The van der Waals surface area contributed by atoms with Crippen molar-refractivity contribution in [3.8, 4) is 5.75 Å². The maximum absolute atomic E-state index is 14.5. The minimum atomic E-state index is -1.36. The van der Waals surface area contributed by atoms with Crippen molar-refractivity contribution in [3.05, 3.63) is 39.7 Å². The summed E-state index contributed by atoms with van der Waals surface area (Å²) < 4.78 is 29.3. The van der Waals surface area contributed by atoms with Gasteiger partial charge in [-0.15, -0.1) is 0 Å². The van der Waals surface area contributed by atoms with Crippen LogP contribution in [0.3, 0.4) is 0 Å². The standard InChI is InChI=1S/C16H15F2NO4/c17-10-6-9-12(20)7-11(16(22)23)19(8-4-2-1-3-5-8)14(9)13(18)15(10)21/h6-8,21H,1-5H2,(H,22,23). The van der Waals surface area contributed by atoms with Crippen molar-refractivity contribution in [3.63, 3.8) is 0 Å². The van der Waals surface area contributed by atoms with Crippen LogP contribution in [0.25, 0.3) is 10.9 Å². The Kier molecular flexibility index (Phi) is 3.79. The van der Waals surface area contributed by atoms with Gasteiger partial charge in [-0.05, 0) is 18.9 Å². The molecule has 0 saturated heterocycles. The van der Waals surface area contributed by atoms with Crippen molar-refractivity contribution in [2.45, 2.75) is 38.1 Å². The molecule has 0 amide bonds. The number of aromatic carboxylic acids is 1. The number of hydrogen-bond acceptors (Lipinski definition) is 3. The van der Waals surface area contributed by atoms with E-state index in [1.807, 2.05) is 0 Å². The number of carboxylic acid groups (broad SMARTS) is 1. The Bertz CT molecular complexity index is 854. The third kappa shape index (κ3) is 2.46. The van der Waals surface area contributed by atoms with E-state index in [4.69, 9.17) is 0 Å². The average Bonchev–Trinajstić information content (AvgIpc) is 2.54. The van der Waals surface area contributed by atoms with Gasteiger partial charge in [-0.25, -0.2) is 13.6 Å². The van der Waals surface area contributed by atoms with Crippen molar-refractivity contribution in [1.82, 2.24) is 4.57 Å². The lowest BCUT2D eigenvalue weighted by atomic mass is 9.94. The molecule has 1 heterocycles. The maximum atomic E-state index is 14.5. The van der Waals surface area contributed by atoms with Crippen LogP contribution >= 0.6 is 0 Å². The largest absolute Gasteiger partial charge is 0.503 e. The first-order valence-electron chi connectivity index (χ1n) is 7.41. The lowest BCUT2D eigenvalue weighted by Crippen LogP contribution is -2.24. The molecule has 7 heteroatoms. The van der Waals surface area contributed by atoms with E-state index in [-0.39, 0.29) is 22.6 Å². The van der Waals surface area contributed by atoms with E-state index in [1.54, 1.807) is 0 Å². The number of phenols is 1. The molecule has 1 fully saturated rings. The van der Waals surface area contributed by atoms with Crippen LogP contribution in [0.2, 0.25) is 0 Å². The van der Waals surface area contributed by atoms with Gasteiger partial charge in [0.15, 0.2) is 22.8 Å². The molecule has 0 aliphatic heterocycles. The molecule has 1 aliphatic rings. The van der Waals surface area contributed by atoms with Gasteiger partial charge in [0.05, 0.1) is 10.9 Å². The van der Waals surface area contributed by atoms with Gasteiger partial charge in [0.2, 0.25) is 0 Å². The smallest absolute Gasteiger partial charge is 0.352 e. The quantitative estimate of drug-likeness (QED) is 0.889. The van der Waals surface area contributed by atoms with Crippen LogP contribution in [-0.4, -0.2) is 20.7 Å². The summed E-state index contributed by atoms with van der Waals surface area (Å²) in [5.41, 5.74) is -1.48. The summed E-state index contributed by atoms with van der Waals surface area (Å²) in [5.74, 6) is -5.11. The highest BCUT2D eigenvalue weighted by Crippen LogP contribution is 2.35. The van der Waals surface area contributed by atoms with Crippen molar-refractivity contribution in [1.29, 1.82) is 0 Å². The van der Waals surface area contributed by atoms with Gasteiger partial charge in [-0.3, -0.25) is 4.79 Å². The minimum absolute atomic E-state index is 0.270. The molecule has 2 N–H and O–H groups in total. The molecule has 1 aliphatic carbocycles. The van der Waals surface area contributed by atoms with Crippen LogP contribution in [0.15, 0.2) is 16.9 Å². The average molecular weight is 323 g/mol. The third-order valence-electron chi connectivity index (χ3n) is 4.36. The number of benzene rings is 1. The molecular formula is C16H15F2NO4. The topological polar surface area (TPSA) is 79.5 Å². The third-order valence-corrected chi connectivity index (χ3v) is 4.36. The molecule has 3 rings (SSSR count). The van der Waals surface area contributed by atoms with Crippen molar-refractivity contribution in [2.24, 2.45) is 0 Å². The summed E-state index contributed by atoms with van der Waals surface area (Å²) in [6, 6.07) is 1.33. The number of rotatable bonds is 2. The number of aromatic nitrogens is 1. The molecule has 23 heavy (non-hydrogen) atoms. The first kappa shape index (κ1) is 15.5. The molecule has 0 spiro atoms. The van der Waals surface area contributed by atoms with E-state index < -0.39 is 28.8 Å². The van der Waals surface area contributed by atoms with E-state index in [0.717, 1.165) is 31.4 Å². The lowest BCUT2D eigenvalue weighted by molar-refractivity contribution is 0.0680. The Morgan fingerprint density at radius 1 is 1.17 bits per heavy atom. The molecular weight excluding hydrogens is 308 g/mol. The Morgan fingerprint density at radius 3 is 2.43 bits per heavy atom. The number of nitrogens with zero attached hydrogens (tertiary/aromatic N) is 1. The zero-order valence-electron chi connectivity index (χ0n) is 12.2. The summed E-state index contributed by atoms with van der Waals surface area (Å²) in [5, 5.41) is 18.6. The van der Waals surface area contributed by atoms with Gasteiger partial charge in [0.1, 0.15) is 5.69 Å². The molecule has 0 atom stereocenters. The number of pyridine rings is 1. The Labute approximate surface area is 129 Å². The minimum Gasteiger partial charge on any atom is -0.503 e. The normalized spacial score (nSPS) is 15.9. The highest BCUT2D eigenvalue weighted by atomic mass is 19.1. The van der Waals surface area contributed by atoms with Crippen LogP contribution in [0.1, 0.15) is 48.6 Å². The Hall–Kier alpha value is -2.44. The summed E-state index contributed by atoms with van der Waals surface area (Å²) in [7, 11) is 0. The van der Waals surface area contributed by atoms with Gasteiger partial charge in [-0.2, -0.15) is 0 Å². The van der Waals surface area contributed by atoms with E-state index in [1.165, 1.54) is 4.57 Å². The number of hydrogen-bond donors (Lipinski definition) is 2. The molecule has 1 saturated carbocycles. The Balaban J connectivity index is 2.44. The summed E-state index contributed by atoms with van der Waals surface area (Å²) in [6.45, 7) is 0. The summed E-state index contributed by atoms with van der Waals surface area (Å²) in [4.78, 5) is 23.6. The zero-order valence-corrected chi connectivity index (χ0v) is 12.2. The van der Waals surface area contributed by atoms with Crippen LogP contribution < -0.4 is 5.43 Å². The summed E-state index contributed by atoms with van der Waals surface area (Å²) in [6.07, 6.45) is 3.98. The predicted octanol–water partition coefficient (Wildman–Crippen LogP) is 3.19. The Morgan fingerprint density at radius 2 is 1.83 bits per heavy atom. The van der Waals surface area contributed by atoms with Gasteiger partial charge >= 0.3 is 5.97 Å². The second kappa shape index (κ2) is 5.64. The summed E-state index contributed by atoms with van der Waals surface area (Å²) >= 11 is 0. The zero-order chi connectivity index (χ0) is 16.7. The fourth-order valence-corrected chi connectivity index (χ4v) is 3.30. The molecule has 122 valence electrons. The fourth-order valence-electron chi connectivity index (χ4n) is 3.30. The number of halogens is 2. The second-order valence-electron chi connectivity index (χ2n) is 5.78. The molecule has 0 bridgehead atoms. The van der Waals surface area contributed by atoms with E-state index >= 15 is 0 Å². The van der Waals surface area contributed by atoms with Gasteiger partial charge in [0, 0.05) is 12.1 Å². The number of phenolic OH excluding ortho intramolecular Hbond substituents is 1. The predicted molar refractivity (Wildman–Crippen MR) is 78.9 cm³/mol. The molecule has 1 aromatic carbocycles. The van der Waals surface area contributed by atoms with Crippen LogP contribution in [0.5, 0.6) is 5.75 Å². The van der Waals surface area contributed by atoms with Crippen molar-refractivity contribution >= 4 is 16.9 Å². The number of aromatic hydroxyl groups is 1. The van der Waals surface area contributed by atoms with Crippen LogP contribution in [-0.2, 0) is 0 Å². The van der Waals surface area contributed by atoms with Crippen LogP contribution in [0.4, 0.5) is 8.78 Å². The van der Waals surface area contributed by atoms with E-state index in [9.17, 15) is 28.6 Å². The number of carbonyl (C=O) groups is 1. The molecule has 1 aromatic heterocycles. The van der Waals surface area contributed by atoms with Gasteiger partial charge in [-0.1, -0.05) is 19.3 Å². The maximum Gasteiger partial charge on any atom is 0.352 e. The molecule has 2 aromatic rings. The monoisotopic (exact) mass is 323 g/mol. The van der Waals surface area contributed by atoms with Crippen molar-refractivity contribution < 1.29 is 23.8 Å². The fraction of sp³-hybridized carbons (Fsp3) is 0.375. The molecule has 5 nitrogen and oxygen atoms in total. The van der Waals surface area contributed by atoms with Crippen LogP contribution in [0, 0.1) is 11.6 Å². The highest BCUT2D eigenvalue weighted by molar-refractivity contribution is 5.91. The SMILES string of the molecule is O=C(O)c1cc(=O)c2cc(F)c(O)c(F)c2n1C1CCCCC1. The molecule has 0 radical (unpaired) electrons. The van der Waals surface area contributed by atoms with E-state index in [2.05, 4.69) is 0 Å². The lowest BCUT2D eigenvalue weighted by Gasteiger charge is -2.28. The van der Waals surface area contributed by atoms with Gasteiger partial charge < -0.3 is 14.8 Å². The van der Waals surface area contributed by atoms with Crippen molar-refractivity contribution in [2.75, 3.05) is 0 Å².